The molecule has 1 aliphatic heterocycles. The van der Waals surface area contributed by atoms with Crippen LogP contribution in [0.1, 0.15) is 11.7 Å². The number of hydrogen-bond donors (Lipinski definition) is 4. The van der Waals surface area contributed by atoms with Gasteiger partial charge < -0.3 is 25.0 Å². The molecule has 0 radical (unpaired) electrons. The normalized spacial score (nSPS) is 28.4. The number of aliphatic hydroxyl groups excluding tert-OH is 3. The molecule has 0 saturated carbocycles. The maximum absolute atomic E-state index is 13.8. The Kier molecular flexibility index (Phi) is 3.91. The zero-order chi connectivity index (χ0) is 16.0. The van der Waals surface area contributed by atoms with E-state index in [1.807, 2.05) is 0 Å². The molecule has 3 rings (SSSR count). The summed E-state index contributed by atoms with van der Waals surface area (Å²) in [6.07, 6.45) is -4.64. The van der Waals surface area contributed by atoms with Gasteiger partial charge in [-0.15, -0.1) is 0 Å². The first-order valence-corrected chi connectivity index (χ1v) is 6.84. The summed E-state index contributed by atoms with van der Waals surface area (Å²) in [4.78, 5) is 6.08. The highest BCUT2D eigenvalue weighted by Crippen LogP contribution is 2.35. The number of aromatic amines is 1. The Morgan fingerprint density at radius 1 is 1.27 bits per heavy atom. The molecule has 118 valence electrons. The summed E-state index contributed by atoms with van der Waals surface area (Å²) < 4.78 is 32.4. The van der Waals surface area contributed by atoms with E-state index in [0.717, 1.165) is 0 Å². The maximum Gasteiger partial charge on any atom is 0.217 e. The number of halogens is 2. The van der Waals surface area contributed by atoms with E-state index in [-0.39, 0.29) is 21.2 Å². The lowest BCUT2D eigenvalue weighted by Gasteiger charge is -2.15. The quantitative estimate of drug-likeness (QED) is 0.479. The molecule has 0 spiro atoms. The third-order valence-corrected chi connectivity index (χ3v) is 3.96. The molecule has 1 aliphatic rings. The zero-order valence-electron chi connectivity index (χ0n) is 11.0. The van der Waals surface area contributed by atoms with Crippen LogP contribution in [0, 0.1) is 16.4 Å². The van der Waals surface area contributed by atoms with Crippen LogP contribution in [-0.4, -0.2) is 50.2 Å². The van der Waals surface area contributed by atoms with Crippen molar-refractivity contribution in [2.45, 2.75) is 24.4 Å². The lowest BCUT2D eigenvalue weighted by atomic mass is 10.0. The molecule has 9 heteroatoms. The second-order valence-electron chi connectivity index (χ2n) is 5.00. The van der Waals surface area contributed by atoms with Crippen LogP contribution in [0.15, 0.2) is 12.1 Å². The van der Waals surface area contributed by atoms with E-state index in [2.05, 4.69) is 9.97 Å². The summed E-state index contributed by atoms with van der Waals surface area (Å²) in [6.45, 7) is -0.486. The van der Waals surface area contributed by atoms with E-state index < -0.39 is 42.8 Å². The number of pyridine rings is 2. The second kappa shape index (κ2) is 5.60. The molecule has 4 N–H and O–H groups in total. The van der Waals surface area contributed by atoms with Gasteiger partial charge >= 0.3 is 0 Å². The average Bonchev–Trinajstić information content (AvgIpc) is 2.74. The van der Waals surface area contributed by atoms with Crippen molar-refractivity contribution in [1.82, 2.24) is 9.97 Å². The molecule has 3 heterocycles. The van der Waals surface area contributed by atoms with Gasteiger partial charge in [-0.3, -0.25) is 0 Å². The molecule has 0 aromatic carbocycles. The van der Waals surface area contributed by atoms with Crippen molar-refractivity contribution in [1.29, 1.82) is 0 Å². The van der Waals surface area contributed by atoms with Gasteiger partial charge in [0.1, 0.15) is 40.5 Å². The number of aliphatic hydroxyl groups is 3. The van der Waals surface area contributed by atoms with Crippen molar-refractivity contribution >= 4 is 23.3 Å². The van der Waals surface area contributed by atoms with Crippen molar-refractivity contribution in [3.05, 3.63) is 34.1 Å². The minimum Gasteiger partial charge on any atom is -0.394 e. The molecule has 0 aliphatic carbocycles. The number of nitrogens with zero attached hydrogens (tertiary/aromatic N) is 1. The minimum atomic E-state index is -1.33. The Morgan fingerprint density at radius 2 is 2.00 bits per heavy atom. The van der Waals surface area contributed by atoms with Crippen LogP contribution < -0.4 is 0 Å². The third kappa shape index (κ3) is 2.40. The van der Waals surface area contributed by atoms with Crippen LogP contribution in [0.5, 0.6) is 0 Å². The Hall–Kier alpha value is -1.52. The second-order valence-corrected chi connectivity index (χ2v) is 5.41. The summed E-state index contributed by atoms with van der Waals surface area (Å²) >= 11 is 5.09. The van der Waals surface area contributed by atoms with Gasteiger partial charge in [0.05, 0.1) is 12.0 Å². The highest BCUT2D eigenvalue weighted by atomic mass is 32.1. The summed E-state index contributed by atoms with van der Waals surface area (Å²) in [7, 11) is 0. The Balaban J connectivity index is 2.12. The third-order valence-electron chi connectivity index (χ3n) is 3.62. The van der Waals surface area contributed by atoms with Gasteiger partial charge in [-0.05, 0) is 6.07 Å². The number of rotatable bonds is 2. The largest absolute Gasteiger partial charge is 0.394 e. The molecular weight excluding hydrogens is 318 g/mol. The van der Waals surface area contributed by atoms with E-state index in [0.29, 0.717) is 6.07 Å². The van der Waals surface area contributed by atoms with E-state index in [1.165, 1.54) is 6.07 Å². The molecule has 0 amide bonds. The molecule has 4 atom stereocenters. The van der Waals surface area contributed by atoms with Gasteiger partial charge in [0.15, 0.2) is 0 Å². The van der Waals surface area contributed by atoms with Crippen LogP contribution in [0.4, 0.5) is 8.78 Å². The number of aromatic nitrogens is 2. The first kappa shape index (κ1) is 15.4. The van der Waals surface area contributed by atoms with Crippen LogP contribution in [0.25, 0.3) is 11.0 Å². The fourth-order valence-electron chi connectivity index (χ4n) is 2.50. The standard InChI is InChI=1S/C13H12F2N2O4S/c14-6-2-8(15)16-12-4(6)1-5(13(22)17-12)11-10(20)9(19)7(3-18)21-11/h1-2,7,9-11,18-20H,3H2,(H,16,17,22)/t7-,9?,10?,11+/m1/s1. The first-order chi connectivity index (χ1) is 10.4. The van der Waals surface area contributed by atoms with Crippen molar-refractivity contribution in [3.63, 3.8) is 0 Å². The highest BCUT2D eigenvalue weighted by Gasteiger charge is 2.43. The average molecular weight is 330 g/mol. The molecular formula is C13H12F2N2O4S. The van der Waals surface area contributed by atoms with Crippen LogP contribution in [0.2, 0.25) is 0 Å². The predicted octanol–water partition coefficient (Wildman–Crippen LogP) is 0.725. The summed E-state index contributed by atoms with van der Waals surface area (Å²) in [5, 5.41) is 28.8. The van der Waals surface area contributed by atoms with Gasteiger partial charge in [0, 0.05) is 11.6 Å². The van der Waals surface area contributed by atoms with E-state index in [9.17, 15) is 19.0 Å². The van der Waals surface area contributed by atoms with E-state index in [1.54, 1.807) is 0 Å². The number of ether oxygens (including phenoxy) is 1. The van der Waals surface area contributed by atoms with Crippen LogP contribution in [0.3, 0.4) is 0 Å². The number of fused-ring (bicyclic) bond motifs is 1. The molecule has 1 saturated heterocycles. The maximum atomic E-state index is 13.8. The molecule has 2 aromatic rings. The van der Waals surface area contributed by atoms with E-state index >= 15 is 0 Å². The molecule has 2 aromatic heterocycles. The Labute approximate surface area is 128 Å². The topological polar surface area (TPSA) is 98.6 Å². The lowest BCUT2D eigenvalue weighted by Crippen LogP contribution is -2.32. The summed E-state index contributed by atoms with van der Waals surface area (Å²) in [6, 6.07) is 1.91. The van der Waals surface area contributed by atoms with Gasteiger partial charge in [-0.2, -0.15) is 4.39 Å². The number of nitrogens with one attached hydrogen (secondary N) is 1. The smallest absolute Gasteiger partial charge is 0.217 e. The van der Waals surface area contributed by atoms with Gasteiger partial charge in [-0.1, -0.05) is 12.2 Å². The highest BCUT2D eigenvalue weighted by molar-refractivity contribution is 7.71. The molecule has 0 bridgehead atoms. The molecule has 2 unspecified atom stereocenters. The van der Waals surface area contributed by atoms with Crippen molar-refractivity contribution in [2.24, 2.45) is 0 Å². The van der Waals surface area contributed by atoms with Gasteiger partial charge in [-0.25, -0.2) is 9.37 Å². The van der Waals surface area contributed by atoms with Crippen molar-refractivity contribution < 1.29 is 28.8 Å². The SMILES string of the molecule is OC[C@H]1O[C@@H](c2cc3c(F)cc(F)nc3[nH]c2=S)C(O)C1O. The minimum absolute atomic E-state index is 0.0252. The number of H-pyrrole nitrogens is 1. The van der Waals surface area contributed by atoms with Gasteiger partial charge in [0.2, 0.25) is 5.95 Å². The van der Waals surface area contributed by atoms with Crippen molar-refractivity contribution in [2.75, 3.05) is 6.61 Å². The monoisotopic (exact) mass is 330 g/mol. The molecule has 1 fully saturated rings. The van der Waals surface area contributed by atoms with Crippen molar-refractivity contribution in [3.8, 4) is 0 Å². The Bertz CT molecular complexity index is 784. The molecule has 6 nitrogen and oxygen atoms in total. The van der Waals surface area contributed by atoms with E-state index in [4.69, 9.17) is 22.1 Å². The van der Waals surface area contributed by atoms with Gasteiger partial charge in [0.25, 0.3) is 0 Å². The fraction of sp³-hybridized carbons (Fsp3) is 0.385. The first-order valence-electron chi connectivity index (χ1n) is 6.43. The predicted molar refractivity (Wildman–Crippen MR) is 73.6 cm³/mol. The van der Waals surface area contributed by atoms with Crippen LogP contribution >= 0.6 is 12.2 Å². The lowest BCUT2D eigenvalue weighted by molar-refractivity contribution is -0.0229. The summed E-state index contributed by atoms with van der Waals surface area (Å²) in [5.41, 5.74) is 0.148. The number of hydrogen-bond acceptors (Lipinski definition) is 6. The van der Waals surface area contributed by atoms with Crippen LogP contribution in [-0.2, 0) is 4.74 Å². The molecule has 22 heavy (non-hydrogen) atoms. The summed E-state index contributed by atoms with van der Waals surface area (Å²) in [5.74, 6) is -1.84. The fourth-order valence-corrected chi connectivity index (χ4v) is 2.77. The Morgan fingerprint density at radius 3 is 2.64 bits per heavy atom. The zero-order valence-corrected chi connectivity index (χ0v) is 11.8.